The van der Waals surface area contributed by atoms with Crippen LogP contribution in [0, 0.1) is 11.8 Å². The van der Waals surface area contributed by atoms with E-state index in [-0.39, 0.29) is 18.6 Å². The molecule has 6 nitrogen and oxygen atoms in total. The summed E-state index contributed by atoms with van der Waals surface area (Å²) < 4.78 is 5.80. The van der Waals surface area contributed by atoms with Gasteiger partial charge in [-0.05, 0) is 68.8 Å². The Morgan fingerprint density at radius 1 is 1.00 bits per heavy atom. The van der Waals surface area contributed by atoms with Gasteiger partial charge in [0.2, 0.25) is 5.91 Å². The Morgan fingerprint density at radius 3 is 2.63 bits per heavy atom. The molecule has 1 aliphatic carbocycles. The SMILES string of the molecule is O=C1CO[C@H](CNc2ccc3ccccc3n2)CN1CC1CCN(CC2CC2)CC1. The van der Waals surface area contributed by atoms with Gasteiger partial charge in [-0.1, -0.05) is 18.2 Å². The summed E-state index contributed by atoms with van der Waals surface area (Å²) in [6.07, 6.45) is 5.27. The molecule has 0 bridgehead atoms. The highest BCUT2D eigenvalue weighted by molar-refractivity contribution is 5.80. The van der Waals surface area contributed by atoms with Crippen molar-refractivity contribution < 1.29 is 9.53 Å². The second kappa shape index (κ2) is 8.90. The van der Waals surface area contributed by atoms with Crippen LogP contribution in [0.1, 0.15) is 25.7 Å². The van der Waals surface area contributed by atoms with Gasteiger partial charge in [-0.2, -0.15) is 0 Å². The van der Waals surface area contributed by atoms with Gasteiger partial charge in [-0.15, -0.1) is 0 Å². The minimum absolute atomic E-state index is 0.00549. The largest absolute Gasteiger partial charge is 0.367 e. The number of morpholine rings is 1. The Kier molecular flexibility index (Phi) is 5.86. The normalized spacial score (nSPS) is 23.8. The van der Waals surface area contributed by atoms with E-state index in [0.717, 1.165) is 29.2 Å². The molecule has 3 fully saturated rings. The minimum atomic E-state index is 0.00549. The molecule has 1 aromatic heterocycles. The molecule has 6 heteroatoms. The number of nitrogens with one attached hydrogen (secondary N) is 1. The summed E-state index contributed by atoms with van der Waals surface area (Å²) in [6.45, 7) is 6.08. The number of anilines is 1. The van der Waals surface area contributed by atoms with Crippen molar-refractivity contribution in [3.8, 4) is 0 Å². The number of likely N-dealkylation sites (tertiary alicyclic amines) is 1. The van der Waals surface area contributed by atoms with Gasteiger partial charge >= 0.3 is 0 Å². The highest BCUT2D eigenvalue weighted by Gasteiger charge is 2.31. The van der Waals surface area contributed by atoms with Gasteiger partial charge in [-0.25, -0.2) is 4.98 Å². The van der Waals surface area contributed by atoms with Crippen molar-refractivity contribution >= 4 is 22.6 Å². The van der Waals surface area contributed by atoms with Gasteiger partial charge in [0.1, 0.15) is 12.4 Å². The highest BCUT2D eigenvalue weighted by atomic mass is 16.5. The lowest BCUT2D eigenvalue weighted by atomic mass is 9.95. The predicted octanol–water partition coefficient (Wildman–Crippen LogP) is 3.00. The number of amides is 1. The maximum atomic E-state index is 12.4. The van der Waals surface area contributed by atoms with Gasteiger partial charge in [0.05, 0.1) is 11.6 Å². The number of carbonyl (C=O) groups excluding carboxylic acids is 1. The first kappa shape index (κ1) is 19.8. The van der Waals surface area contributed by atoms with Crippen LogP contribution in [-0.2, 0) is 9.53 Å². The van der Waals surface area contributed by atoms with Crippen LogP contribution in [-0.4, -0.2) is 72.7 Å². The van der Waals surface area contributed by atoms with Crippen LogP contribution in [0.25, 0.3) is 10.9 Å². The summed E-state index contributed by atoms with van der Waals surface area (Å²) in [7, 11) is 0. The van der Waals surface area contributed by atoms with E-state index in [2.05, 4.69) is 27.3 Å². The fraction of sp³-hybridized carbons (Fsp3) is 0.583. The number of ether oxygens (including phenoxy) is 1. The summed E-state index contributed by atoms with van der Waals surface area (Å²) in [4.78, 5) is 21.7. The smallest absolute Gasteiger partial charge is 0.248 e. The lowest BCUT2D eigenvalue weighted by molar-refractivity contribution is -0.149. The predicted molar refractivity (Wildman–Crippen MR) is 118 cm³/mol. The van der Waals surface area contributed by atoms with Crippen LogP contribution < -0.4 is 5.32 Å². The van der Waals surface area contributed by atoms with E-state index >= 15 is 0 Å². The zero-order valence-electron chi connectivity index (χ0n) is 17.6. The molecular weight excluding hydrogens is 376 g/mol. The molecule has 30 heavy (non-hydrogen) atoms. The number of aromatic nitrogens is 1. The van der Waals surface area contributed by atoms with E-state index in [9.17, 15) is 4.79 Å². The number of hydrogen-bond acceptors (Lipinski definition) is 5. The third-order valence-corrected chi connectivity index (χ3v) is 6.73. The number of hydrogen-bond donors (Lipinski definition) is 1. The van der Waals surface area contributed by atoms with Gasteiger partial charge in [0.15, 0.2) is 0 Å². The zero-order chi connectivity index (χ0) is 20.3. The number of rotatable bonds is 7. The van der Waals surface area contributed by atoms with E-state index in [0.29, 0.717) is 19.0 Å². The van der Waals surface area contributed by atoms with Crippen LogP contribution in [0.3, 0.4) is 0 Å². The molecule has 3 aliphatic rings. The van der Waals surface area contributed by atoms with E-state index in [1.54, 1.807) is 0 Å². The fourth-order valence-corrected chi connectivity index (χ4v) is 4.69. The van der Waals surface area contributed by atoms with E-state index in [4.69, 9.17) is 4.74 Å². The van der Waals surface area contributed by atoms with Crippen molar-refractivity contribution in [3.63, 3.8) is 0 Å². The van der Waals surface area contributed by atoms with Gasteiger partial charge in [0.25, 0.3) is 0 Å². The zero-order valence-corrected chi connectivity index (χ0v) is 17.6. The number of pyridine rings is 1. The van der Waals surface area contributed by atoms with Crippen LogP contribution in [0.4, 0.5) is 5.82 Å². The molecule has 160 valence electrons. The second-order valence-corrected chi connectivity index (χ2v) is 9.19. The average molecular weight is 409 g/mol. The van der Waals surface area contributed by atoms with E-state index < -0.39 is 0 Å². The van der Waals surface area contributed by atoms with E-state index in [1.165, 1.54) is 45.3 Å². The Morgan fingerprint density at radius 2 is 1.80 bits per heavy atom. The summed E-state index contributed by atoms with van der Waals surface area (Å²) in [5, 5.41) is 4.53. The molecule has 0 unspecified atom stereocenters. The molecule has 1 aromatic carbocycles. The molecule has 1 amide bonds. The monoisotopic (exact) mass is 408 g/mol. The van der Waals surface area contributed by atoms with E-state index in [1.807, 2.05) is 29.2 Å². The Labute approximate surface area is 178 Å². The summed E-state index contributed by atoms with van der Waals surface area (Å²) >= 11 is 0. The summed E-state index contributed by atoms with van der Waals surface area (Å²) in [5.74, 6) is 2.57. The van der Waals surface area contributed by atoms with Crippen molar-refractivity contribution in [2.24, 2.45) is 11.8 Å². The number of nitrogens with zero attached hydrogens (tertiary/aromatic N) is 3. The average Bonchev–Trinajstić information content (AvgIpc) is 3.59. The third kappa shape index (κ3) is 4.93. The maximum Gasteiger partial charge on any atom is 0.248 e. The standard InChI is InChI=1S/C24H32N4O2/c29-24-17-30-21(13-25-23-8-7-20-3-1-2-4-22(20)26-23)16-28(24)15-19-9-11-27(12-10-19)14-18-5-6-18/h1-4,7-8,18-19,21H,5-6,9-17H2,(H,25,26)/t21-/m1/s1. The van der Waals surface area contributed by atoms with Crippen molar-refractivity contribution in [1.82, 2.24) is 14.8 Å². The molecule has 1 N–H and O–H groups in total. The molecule has 0 spiro atoms. The third-order valence-electron chi connectivity index (χ3n) is 6.73. The quantitative estimate of drug-likeness (QED) is 0.763. The van der Waals surface area contributed by atoms with Crippen molar-refractivity contribution in [3.05, 3.63) is 36.4 Å². The topological polar surface area (TPSA) is 57.7 Å². The van der Waals surface area contributed by atoms with Gasteiger partial charge < -0.3 is 19.9 Å². The lowest BCUT2D eigenvalue weighted by Crippen LogP contribution is -2.51. The molecule has 2 saturated heterocycles. The number of piperidine rings is 1. The second-order valence-electron chi connectivity index (χ2n) is 9.19. The molecule has 2 aromatic rings. The molecule has 1 atom stereocenters. The number of benzene rings is 1. The van der Waals surface area contributed by atoms with Crippen molar-refractivity contribution in [2.45, 2.75) is 31.8 Å². The van der Waals surface area contributed by atoms with Crippen molar-refractivity contribution in [2.75, 3.05) is 51.2 Å². The van der Waals surface area contributed by atoms with Crippen LogP contribution in [0.15, 0.2) is 36.4 Å². The highest BCUT2D eigenvalue weighted by Crippen LogP contribution is 2.31. The Balaban J connectivity index is 1.10. The first-order valence-corrected chi connectivity index (χ1v) is 11.4. The summed E-state index contributed by atoms with van der Waals surface area (Å²) in [5.41, 5.74) is 0.983. The van der Waals surface area contributed by atoms with Crippen LogP contribution in [0.2, 0.25) is 0 Å². The summed E-state index contributed by atoms with van der Waals surface area (Å²) in [6, 6.07) is 12.2. The van der Waals surface area contributed by atoms with Crippen LogP contribution >= 0.6 is 0 Å². The molecule has 1 saturated carbocycles. The molecule has 0 radical (unpaired) electrons. The molecule has 5 rings (SSSR count). The lowest BCUT2D eigenvalue weighted by Gasteiger charge is -2.38. The minimum Gasteiger partial charge on any atom is -0.367 e. The number of para-hydroxylation sites is 1. The molecule has 3 heterocycles. The van der Waals surface area contributed by atoms with Gasteiger partial charge in [0, 0.05) is 31.6 Å². The Bertz CT molecular complexity index is 876. The first-order chi connectivity index (χ1) is 14.7. The van der Waals surface area contributed by atoms with Crippen molar-refractivity contribution in [1.29, 1.82) is 0 Å². The fourth-order valence-electron chi connectivity index (χ4n) is 4.69. The van der Waals surface area contributed by atoms with Gasteiger partial charge in [-0.3, -0.25) is 4.79 Å². The van der Waals surface area contributed by atoms with Crippen LogP contribution in [0.5, 0.6) is 0 Å². The molecule has 2 aliphatic heterocycles. The Hall–Kier alpha value is -2.18. The molecular formula is C24H32N4O2. The maximum absolute atomic E-state index is 12.4. The number of carbonyl (C=O) groups is 1. The first-order valence-electron chi connectivity index (χ1n) is 11.4. The number of fused-ring (bicyclic) bond motifs is 1.